The van der Waals surface area contributed by atoms with Crippen molar-refractivity contribution in [3.8, 4) is 11.6 Å². The first-order chi connectivity index (χ1) is 14.2. The number of nitrogen functional groups attached to an aromatic ring is 1. The zero-order valence-corrected chi connectivity index (χ0v) is 16.0. The van der Waals surface area contributed by atoms with Crippen molar-refractivity contribution in [1.82, 2.24) is 29.4 Å². The Morgan fingerprint density at radius 1 is 1.28 bits per heavy atom. The third kappa shape index (κ3) is 2.82. The van der Waals surface area contributed by atoms with Gasteiger partial charge in [-0.25, -0.2) is 14.5 Å². The van der Waals surface area contributed by atoms with Gasteiger partial charge in [0.05, 0.1) is 25.0 Å². The maximum Gasteiger partial charge on any atom is 0.331 e. The highest BCUT2D eigenvalue weighted by atomic mass is 16.5. The van der Waals surface area contributed by atoms with Crippen molar-refractivity contribution in [2.24, 2.45) is 5.92 Å². The zero-order chi connectivity index (χ0) is 20.0. The van der Waals surface area contributed by atoms with Gasteiger partial charge in [0.1, 0.15) is 0 Å². The number of carbonyl (C=O) groups excluding carboxylic acids is 1. The molecule has 4 heterocycles. The summed E-state index contributed by atoms with van der Waals surface area (Å²) >= 11 is 0. The van der Waals surface area contributed by atoms with E-state index in [2.05, 4.69) is 20.2 Å². The molecule has 0 spiro atoms. The molecule has 150 valence electrons. The number of methoxy groups -OCH3 is 1. The van der Waals surface area contributed by atoms with Crippen LogP contribution in [0.3, 0.4) is 0 Å². The highest BCUT2D eigenvalue weighted by molar-refractivity contribution is 5.91. The summed E-state index contributed by atoms with van der Waals surface area (Å²) in [5.41, 5.74) is 7.17. The van der Waals surface area contributed by atoms with Gasteiger partial charge in [0, 0.05) is 0 Å². The molecule has 1 aliphatic rings. The van der Waals surface area contributed by atoms with E-state index in [9.17, 15) is 4.79 Å². The number of esters is 1. The fourth-order valence-electron chi connectivity index (χ4n) is 4.20. The molecule has 5 rings (SSSR count). The van der Waals surface area contributed by atoms with Crippen molar-refractivity contribution in [1.29, 1.82) is 0 Å². The summed E-state index contributed by atoms with van der Waals surface area (Å²) in [6.45, 7) is 0. The maximum atomic E-state index is 12.7. The number of hydrogen-bond donors (Lipinski definition) is 1. The minimum absolute atomic E-state index is 0.148. The average molecular weight is 395 g/mol. The molecule has 4 aromatic rings. The van der Waals surface area contributed by atoms with E-state index >= 15 is 0 Å². The van der Waals surface area contributed by atoms with Crippen LogP contribution in [0.15, 0.2) is 29.0 Å². The molecule has 1 saturated carbocycles. The molecule has 10 heteroatoms. The number of aromatic nitrogens is 6. The Bertz CT molecular complexity index is 1170. The van der Waals surface area contributed by atoms with Crippen LogP contribution in [0, 0.1) is 5.92 Å². The molecule has 0 radical (unpaired) electrons. The molecule has 4 aromatic heterocycles. The molecule has 0 aliphatic heterocycles. The normalized spacial score (nSPS) is 16.4. The molecule has 2 N–H and O–H groups in total. The minimum Gasteiger partial charge on any atom is -0.467 e. The molecule has 1 atom stereocenters. The van der Waals surface area contributed by atoms with Gasteiger partial charge in [0.15, 0.2) is 23.1 Å². The van der Waals surface area contributed by atoms with Gasteiger partial charge in [-0.1, -0.05) is 19.3 Å². The molecular formula is C19H21N7O3. The molecule has 1 fully saturated rings. The maximum absolute atomic E-state index is 12.7. The zero-order valence-electron chi connectivity index (χ0n) is 16.0. The van der Waals surface area contributed by atoms with Crippen LogP contribution in [0.25, 0.3) is 28.3 Å². The van der Waals surface area contributed by atoms with Crippen LogP contribution in [-0.2, 0) is 9.53 Å². The first-order valence-electron chi connectivity index (χ1n) is 9.68. The molecule has 1 aliphatic carbocycles. The summed E-state index contributed by atoms with van der Waals surface area (Å²) in [6.07, 6.45) is 8.48. The molecule has 29 heavy (non-hydrogen) atoms. The van der Waals surface area contributed by atoms with Crippen molar-refractivity contribution in [2.45, 2.75) is 38.1 Å². The van der Waals surface area contributed by atoms with E-state index in [1.807, 2.05) is 0 Å². The summed E-state index contributed by atoms with van der Waals surface area (Å²) in [7, 11) is 1.40. The predicted octanol–water partition coefficient (Wildman–Crippen LogP) is 2.61. The average Bonchev–Trinajstić information content (AvgIpc) is 3.48. The Kier molecular flexibility index (Phi) is 4.18. The second-order valence-electron chi connectivity index (χ2n) is 7.31. The van der Waals surface area contributed by atoms with E-state index in [1.54, 1.807) is 29.3 Å². The molecule has 0 amide bonds. The standard InChI is InChI=1S/C19H21N7O3/c1-28-18(27)14(11-6-3-2-4-7-11)25-17-12(10-21-25)16-22-15(13-8-5-9-29-13)24-26(16)19(20)23-17/h5,8-11,14H,2-4,6-7H2,1H3,(H2,20,23). The van der Waals surface area contributed by atoms with Gasteiger partial charge >= 0.3 is 5.97 Å². The fraction of sp³-hybridized carbons (Fsp3) is 0.421. The van der Waals surface area contributed by atoms with Crippen LogP contribution >= 0.6 is 0 Å². The van der Waals surface area contributed by atoms with Crippen molar-refractivity contribution in [3.05, 3.63) is 24.6 Å². The van der Waals surface area contributed by atoms with E-state index in [-0.39, 0.29) is 17.8 Å². The lowest BCUT2D eigenvalue weighted by atomic mass is 9.84. The van der Waals surface area contributed by atoms with Gasteiger partial charge in [0.2, 0.25) is 11.8 Å². The first-order valence-corrected chi connectivity index (χ1v) is 9.68. The quantitative estimate of drug-likeness (QED) is 0.523. The number of hydrogen-bond acceptors (Lipinski definition) is 8. The van der Waals surface area contributed by atoms with Gasteiger partial charge in [-0.05, 0) is 30.9 Å². The van der Waals surface area contributed by atoms with Crippen LogP contribution in [-0.4, -0.2) is 42.4 Å². The predicted molar refractivity (Wildman–Crippen MR) is 104 cm³/mol. The molecule has 10 nitrogen and oxygen atoms in total. The lowest BCUT2D eigenvalue weighted by Crippen LogP contribution is -2.31. The van der Waals surface area contributed by atoms with Crippen molar-refractivity contribution in [3.63, 3.8) is 0 Å². The Morgan fingerprint density at radius 3 is 2.83 bits per heavy atom. The Hall–Kier alpha value is -3.43. The van der Waals surface area contributed by atoms with Crippen molar-refractivity contribution >= 4 is 28.6 Å². The highest BCUT2D eigenvalue weighted by Crippen LogP contribution is 2.35. The van der Waals surface area contributed by atoms with Crippen LogP contribution in [0.5, 0.6) is 0 Å². The number of anilines is 1. The van der Waals surface area contributed by atoms with Crippen LogP contribution < -0.4 is 5.73 Å². The van der Waals surface area contributed by atoms with Crippen molar-refractivity contribution in [2.75, 3.05) is 12.8 Å². The Balaban J connectivity index is 1.67. The third-order valence-corrected chi connectivity index (χ3v) is 5.60. The first kappa shape index (κ1) is 17.7. The van der Waals surface area contributed by atoms with Gasteiger partial charge in [-0.3, -0.25) is 0 Å². The van der Waals surface area contributed by atoms with E-state index < -0.39 is 6.04 Å². The summed E-state index contributed by atoms with van der Waals surface area (Å²) in [5.74, 6) is 0.922. The summed E-state index contributed by atoms with van der Waals surface area (Å²) in [6, 6.07) is 3.00. The lowest BCUT2D eigenvalue weighted by molar-refractivity contribution is -0.147. The number of carbonyl (C=O) groups is 1. The van der Waals surface area contributed by atoms with Gasteiger partial charge < -0.3 is 14.9 Å². The Morgan fingerprint density at radius 2 is 2.10 bits per heavy atom. The SMILES string of the molecule is COC(=O)C(C1CCCCC1)n1ncc2c1nc(N)n1nc(-c3ccco3)nc21. The lowest BCUT2D eigenvalue weighted by Gasteiger charge is -2.28. The van der Waals surface area contributed by atoms with Gasteiger partial charge in [-0.15, -0.1) is 5.10 Å². The minimum atomic E-state index is -0.542. The van der Waals surface area contributed by atoms with Crippen LogP contribution in [0.2, 0.25) is 0 Å². The fourth-order valence-corrected chi connectivity index (χ4v) is 4.20. The molecular weight excluding hydrogens is 374 g/mol. The number of nitrogens with zero attached hydrogens (tertiary/aromatic N) is 6. The molecule has 0 bridgehead atoms. The topological polar surface area (TPSA) is 126 Å². The number of rotatable bonds is 4. The number of ether oxygens (including phenoxy) is 1. The summed E-state index contributed by atoms with van der Waals surface area (Å²) in [5, 5.41) is 9.55. The molecule has 0 saturated heterocycles. The van der Waals surface area contributed by atoms with Gasteiger partial charge in [-0.2, -0.15) is 14.6 Å². The summed E-state index contributed by atoms with van der Waals surface area (Å²) in [4.78, 5) is 21.7. The number of fused-ring (bicyclic) bond motifs is 3. The molecule has 0 aromatic carbocycles. The van der Waals surface area contributed by atoms with Crippen molar-refractivity contribution < 1.29 is 13.9 Å². The Labute approximate surface area is 165 Å². The highest BCUT2D eigenvalue weighted by Gasteiger charge is 2.34. The van der Waals surface area contributed by atoms with Crippen LogP contribution in [0.4, 0.5) is 5.95 Å². The van der Waals surface area contributed by atoms with E-state index in [4.69, 9.17) is 14.9 Å². The smallest absolute Gasteiger partial charge is 0.331 e. The second kappa shape index (κ2) is 6.87. The summed E-state index contributed by atoms with van der Waals surface area (Å²) < 4.78 is 13.6. The number of nitrogens with two attached hydrogens (primary N) is 1. The number of furan rings is 1. The second-order valence-corrected chi connectivity index (χ2v) is 7.31. The molecule has 1 unspecified atom stereocenters. The monoisotopic (exact) mass is 395 g/mol. The van der Waals surface area contributed by atoms with Gasteiger partial charge in [0.25, 0.3) is 0 Å². The van der Waals surface area contributed by atoms with E-state index in [1.165, 1.54) is 18.0 Å². The largest absolute Gasteiger partial charge is 0.467 e. The van der Waals surface area contributed by atoms with Crippen LogP contribution in [0.1, 0.15) is 38.1 Å². The van der Waals surface area contributed by atoms with E-state index in [0.29, 0.717) is 28.3 Å². The third-order valence-electron chi connectivity index (χ3n) is 5.60. The van der Waals surface area contributed by atoms with E-state index in [0.717, 1.165) is 25.7 Å².